The van der Waals surface area contributed by atoms with E-state index in [4.69, 9.17) is 34.1 Å². The van der Waals surface area contributed by atoms with Crippen LogP contribution in [0.15, 0.2) is 12.1 Å². The minimum atomic E-state index is -5.08. The molecule has 14 heteroatoms. The molecule has 0 saturated carbocycles. The molecule has 2 aromatic rings. The topological polar surface area (TPSA) is 135 Å². The molecule has 0 spiro atoms. The van der Waals surface area contributed by atoms with E-state index in [2.05, 4.69) is 22.5 Å². The molecule has 2 fully saturated rings. The van der Waals surface area contributed by atoms with Crippen LogP contribution in [0.3, 0.4) is 0 Å². The predicted octanol–water partition coefficient (Wildman–Crippen LogP) is 4.39. The quantitative estimate of drug-likeness (QED) is 0.421. The number of carboxylic acid groups (broad SMARTS) is 1. The minimum absolute atomic E-state index is 0.00687. The number of aromatic nitrogens is 2. The highest BCUT2D eigenvalue weighted by molar-refractivity contribution is 5.93. The molecule has 2 atom stereocenters. The Kier molecular flexibility index (Phi) is 10.7. The van der Waals surface area contributed by atoms with E-state index in [-0.39, 0.29) is 29.5 Å². The number of carbonyl (C=O) groups excluding carboxylic acids is 1. The van der Waals surface area contributed by atoms with Crippen LogP contribution in [-0.2, 0) is 14.3 Å². The zero-order chi connectivity index (χ0) is 31.2. The summed E-state index contributed by atoms with van der Waals surface area (Å²) in [6.45, 7) is 10.4. The van der Waals surface area contributed by atoms with Gasteiger partial charge in [0.05, 0.1) is 31.9 Å². The van der Waals surface area contributed by atoms with Crippen LogP contribution in [0.1, 0.15) is 53.4 Å². The first-order chi connectivity index (χ1) is 19.6. The third-order valence-corrected chi connectivity index (χ3v) is 6.97. The Balaban J connectivity index is 0.000000616. The molecular formula is C28H40F3N5O6. The third-order valence-electron chi connectivity index (χ3n) is 6.97. The van der Waals surface area contributed by atoms with E-state index < -0.39 is 12.1 Å². The van der Waals surface area contributed by atoms with Gasteiger partial charge in [0.25, 0.3) is 0 Å². The number of nitrogens with zero attached hydrogens (tertiary/aromatic N) is 3. The van der Waals surface area contributed by atoms with Crippen molar-refractivity contribution in [1.29, 1.82) is 0 Å². The molecule has 1 aromatic carbocycles. The fourth-order valence-electron chi connectivity index (χ4n) is 4.81. The molecular weight excluding hydrogens is 559 g/mol. The van der Waals surface area contributed by atoms with Gasteiger partial charge in [-0.2, -0.15) is 18.2 Å². The summed E-state index contributed by atoms with van der Waals surface area (Å²) in [7, 11) is 3.25. The van der Waals surface area contributed by atoms with E-state index in [1.807, 2.05) is 32.9 Å². The largest absolute Gasteiger partial charge is 0.493 e. The average Bonchev–Trinajstić information content (AvgIpc) is 3.46. The zero-order valence-electron chi connectivity index (χ0n) is 24.8. The van der Waals surface area contributed by atoms with Crippen molar-refractivity contribution in [1.82, 2.24) is 15.3 Å². The van der Waals surface area contributed by atoms with Gasteiger partial charge in [-0.1, -0.05) is 0 Å². The SMILES string of the molecule is COc1cc2nc(N3CCC(C(=O)NC(C)(C)C)CC3)nc(NC(C)C3CCCO3)c2cc1OC.O=C(O)C(F)(F)F. The maximum atomic E-state index is 12.7. The normalized spacial score (nSPS) is 18.6. The van der Waals surface area contributed by atoms with Gasteiger partial charge in [0.2, 0.25) is 11.9 Å². The Hall–Kier alpha value is -3.55. The van der Waals surface area contributed by atoms with Gasteiger partial charge >= 0.3 is 12.1 Å². The molecule has 0 aliphatic carbocycles. The van der Waals surface area contributed by atoms with Crippen LogP contribution in [0.2, 0.25) is 0 Å². The van der Waals surface area contributed by atoms with Crippen molar-refractivity contribution in [3.8, 4) is 11.5 Å². The molecule has 234 valence electrons. The Morgan fingerprint density at radius 3 is 2.17 bits per heavy atom. The van der Waals surface area contributed by atoms with Gasteiger partial charge in [0.15, 0.2) is 11.5 Å². The van der Waals surface area contributed by atoms with E-state index in [0.29, 0.717) is 17.4 Å². The van der Waals surface area contributed by atoms with E-state index in [1.54, 1.807) is 14.2 Å². The summed E-state index contributed by atoms with van der Waals surface area (Å²) in [5.41, 5.74) is 0.554. The molecule has 11 nitrogen and oxygen atoms in total. The summed E-state index contributed by atoms with van der Waals surface area (Å²) in [6.07, 6.45) is -1.28. The molecule has 3 heterocycles. The summed E-state index contributed by atoms with van der Waals surface area (Å²) in [5, 5.41) is 14.7. The molecule has 3 N–H and O–H groups in total. The fraction of sp³-hybridized carbons (Fsp3) is 0.643. The smallest absolute Gasteiger partial charge is 0.490 e. The summed E-state index contributed by atoms with van der Waals surface area (Å²) in [6, 6.07) is 3.92. The molecule has 0 radical (unpaired) electrons. The number of benzene rings is 1. The number of fused-ring (bicyclic) bond motifs is 1. The molecule has 0 bridgehead atoms. The number of methoxy groups -OCH3 is 2. The van der Waals surface area contributed by atoms with E-state index in [1.165, 1.54) is 0 Å². The summed E-state index contributed by atoms with van der Waals surface area (Å²) in [5.74, 6) is 0.0410. The van der Waals surface area contributed by atoms with Gasteiger partial charge in [-0.25, -0.2) is 9.78 Å². The van der Waals surface area contributed by atoms with Gasteiger partial charge in [0, 0.05) is 42.6 Å². The molecule has 2 saturated heterocycles. The first-order valence-electron chi connectivity index (χ1n) is 13.8. The fourth-order valence-corrected chi connectivity index (χ4v) is 4.81. The summed E-state index contributed by atoms with van der Waals surface area (Å²) in [4.78, 5) is 33.5. The van der Waals surface area contributed by atoms with Crippen LogP contribution in [-0.4, -0.2) is 84.7 Å². The number of piperidine rings is 1. The third kappa shape index (κ3) is 8.73. The van der Waals surface area contributed by atoms with Crippen molar-refractivity contribution in [2.24, 2.45) is 5.92 Å². The number of alkyl halides is 3. The molecule has 1 aromatic heterocycles. The number of aliphatic carboxylic acids is 1. The Morgan fingerprint density at radius 2 is 1.67 bits per heavy atom. The average molecular weight is 600 g/mol. The van der Waals surface area contributed by atoms with E-state index in [0.717, 1.165) is 62.1 Å². The van der Waals surface area contributed by atoms with Crippen molar-refractivity contribution in [2.75, 3.05) is 44.1 Å². The van der Waals surface area contributed by atoms with E-state index >= 15 is 0 Å². The minimum Gasteiger partial charge on any atom is -0.493 e. The number of ether oxygens (including phenoxy) is 3. The van der Waals surface area contributed by atoms with Crippen LogP contribution >= 0.6 is 0 Å². The molecule has 4 rings (SSSR count). The second-order valence-corrected chi connectivity index (χ2v) is 11.4. The Bertz CT molecular complexity index is 1240. The number of halogens is 3. The van der Waals surface area contributed by atoms with Gasteiger partial charge < -0.3 is 34.9 Å². The number of carbonyl (C=O) groups is 2. The molecule has 2 unspecified atom stereocenters. The lowest BCUT2D eigenvalue weighted by molar-refractivity contribution is -0.192. The summed E-state index contributed by atoms with van der Waals surface area (Å²) < 4.78 is 48.7. The number of hydrogen-bond acceptors (Lipinski definition) is 9. The van der Waals surface area contributed by atoms with Crippen LogP contribution in [0.25, 0.3) is 10.9 Å². The van der Waals surface area contributed by atoms with Gasteiger partial charge in [0.1, 0.15) is 5.82 Å². The number of amides is 1. The van der Waals surface area contributed by atoms with Gasteiger partial charge in [-0.3, -0.25) is 4.79 Å². The molecule has 42 heavy (non-hydrogen) atoms. The second kappa shape index (κ2) is 13.6. The van der Waals surface area contributed by atoms with E-state index in [9.17, 15) is 18.0 Å². The lowest BCUT2D eigenvalue weighted by Gasteiger charge is -2.33. The maximum Gasteiger partial charge on any atom is 0.490 e. The van der Waals surface area contributed by atoms with Crippen molar-refractivity contribution in [2.45, 2.75) is 77.2 Å². The highest BCUT2D eigenvalue weighted by Gasteiger charge is 2.38. The van der Waals surface area contributed by atoms with Crippen molar-refractivity contribution < 1.29 is 42.1 Å². The maximum absolute atomic E-state index is 12.7. The van der Waals surface area contributed by atoms with Crippen LogP contribution in [0, 0.1) is 5.92 Å². The second-order valence-electron chi connectivity index (χ2n) is 11.4. The number of anilines is 2. The summed E-state index contributed by atoms with van der Waals surface area (Å²) >= 11 is 0. The number of nitrogens with one attached hydrogen (secondary N) is 2. The predicted molar refractivity (Wildman–Crippen MR) is 151 cm³/mol. The number of rotatable bonds is 7. The lowest BCUT2D eigenvalue weighted by atomic mass is 9.94. The first kappa shape index (κ1) is 33.0. The van der Waals surface area contributed by atoms with Gasteiger partial charge in [-0.15, -0.1) is 0 Å². The van der Waals surface area contributed by atoms with Crippen LogP contribution < -0.4 is 25.0 Å². The molecule has 1 amide bonds. The first-order valence-corrected chi connectivity index (χ1v) is 13.8. The Labute approximate surface area is 243 Å². The van der Waals surface area contributed by atoms with Crippen molar-refractivity contribution in [3.05, 3.63) is 12.1 Å². The molecule has 2 aliphatic rings. The lowest BCUT2D eigenvalue weighted by Crippen LogP contribution is -2.47. The van der Waals surface area contributed by atoms with Gasteiger partial charge in [-0.05, 0) is 59.4 Å². The Morgan fingerprint density at radius 1 is 1.07 bits per heavy atom. The monoisotopic (exact) mass is 599 g/mol. The highest BCUT2D eigenvalue weighted by Crippen LogP contribution is 2.36. The zero-order valence-corrected chi connectivity index (χ0v) is 24.8. The van der Waals surface area contributed by atoms with Crippen molar-refractivity contribution >= 4 is 34.5 Å². The standard InChI is InChI=1S/C26H39N5O4.C2HF3O2/c1-16(20-8-7-13-35-20)27-23-18-14-21(33-5)22(34-6)15-19(18)28-25(29-23)31-11-9-17(10-12-31)24(32)30-26(2,3)4;3-2(4,5)1(6)7/h14-17,20H,7-13H2,1-6H3,(H,30,32)(H,27,28,29);(H,6,7). The van der Waals surface area contributed by atoms with Crippen LogP contribution in [0.5, 0.6) is 11.5 Å². The molecule has 2 aliphatic heterocycles. The number of hydrogen-bond donors (Lipinski definition) is 3. The van der Waals surface area contributed by atoms with Crippen molar-refractivity contribution in [3.63, 3.8) is 0 Å². The highest BCUT2D eigenvalue weighted by atomic mass is 19.4. The van der Waals surface area contributed by atoms with Crippen LogP contribution in [0.4, 0.5) is 24.9 Å². The number of carboxylic acids is 1.